The van der Waals surface area contributed by atoms with Gasteiger partial charge in [-0.3, -0.25) is 0 Å². The molecule has 7 nitrogen and oxygen atoms in total. The minimum absolute atomic E-state index is 0.0357. The molecule has 32 heavy (non-hydrogen) atoms. The molecule has 1 heterocycles. The first-order chi connectivity index (χ1) is 15.4. The summed E-state index contributed by atoms with van der Waals surface area (Å²) in [6.45, 7) is 4.10. The highest BCUT2D eigenvalue weighted by atomic mass is 16.5. The fourth-order valence-corrected chi connectivity index (χ4v) is 4.19. The van der Waals surface area contributed by atoms with E-state index in [-0.39, 0.29) is 16.9 Å². The summed E-state index contributed by atoms with van der Waals surface area (Å²) in [4.78, 5) is 25.5. The summed E-state index contributed by atoms with van der Waals surface area (Å²) < 4.78 is 15.2. The van der Waals surface area contributed by atoms with E-state index in [9.17, 15) is 14.7 Å². The molecular formula is C25H35NO6. The molecule has 1 aliphatic heterocycles. The highest BCUT2D eigenvalue weighted by molar-refractivity contribution is 6.08. The number of aliphatic hydroxyl groups excluding tert-OH is 1. The van der Waals surface area contributed by atoms with E-state index in [0.29, 0.717) is 31.4 Å². The fraction of sp³-hybridized carbons (Fsp3) is 0.520. The van der Waals surface area contributed by atoms with Crippen LogP contribution in [-0.2, 0) is 25.5 Å². The Morgan fingerprint density at radius 1 is 0.906 bits per heavy atom. The number of unbranched alkanes of at least 4 members (excludes halogenated alkanes) is 1. The van der Waals surface area contributed by atoms with Crippen LogP contribution in [0.3, 0.4) is 0 Å². The van der Waals surface area contributed by atoms with Crippen molar-refractivity contribution in [1.82, 2.24) is 5.32 Å². The summed E-state index contributed by atoms with van der Waals surface area (Å²) in [6.07, 6.45) is 4.90. The molecule has 0 saturated heterocycles. The number of hydrogen-bond donors (Lipinski definition) is 2. The number of rotatable bonds is 11. The predicted molar refractivity (Wildman–Crippen MR) is 122 cm³/mol. The third-order valence-electron chi connectivity index (χ3n) is 5.87. The number of carbonyl (C=O) groups is 2. The number of methoxy groups -OCH3 is 3. The van der Waals surface area contributed by atoms with Crippen molar-refractivity contribution in [2.45, 2.75) is 64.3 Å². The summed E-state index contributed by atoms with van der Waals surface area (Å²) in [5.41, 5.74) is 0.731. The Morgan fingerprint density at radius 3 is 2.06 bits per heavy atom. The van der Waals surface area contributed by atoms with E-state index < -0.39 is 17.5 Å². The number of dihydropyridines is 1. The molecule has 0 aliphatic carbocycles. The fourth-order valence-electron chi connectivity index (χ4n) is 4.19. The maximum atomic E-state index is 12.7. The Hall–Kier alpha value is -2.96. The quantitative estimate of drug-likeness (QED) is 0.488. The van der Waals surface area contributed by atoms with E-state index in [1.54, 1.807) is 7.11 Å². The van der Waals surface area contributed by atoms with Crippen LogP contribution < -0.4 is 10.1 Å². The lowest BCUT2D eigenvalue weighted by atomic mass is 9.78. The van der Waals surface area contributed by atoms with Crippen molar-refractivity contribution in [3.8, 4) is 5.75 Å². The maximum absolute atomic E-state index is 12.7. The smallest absolute Gasteiger partial charge is 0.342 e. The Balaban J connectivity index is 2.56. The molecule has 1 aromatic rings. The molecule has 2 rings (SSSR count). The molecule has 0 aromatic heterocycles. The standard InChI is InChI=1S/C25H35NO6/c1-6-8-16-25(15-7-2)22(27)21(24(29)32-5)20(23(28)31-4)19(26-25)14-11-17-9-12-18(30-3)13-10-17/h9-10,12-13,26-27H,6-8,11,14-16H2,1-5H3. The molecule has 0 saturated carbocycles. The van der Waals surface area contributed by atoms with Gasteiger partial charge >= 0.3 is 11.9 Å². The van der Waals surface area contributed by atoms with Gasteiger partial charge in [0.1, 0.15) is 17.1 Å². The zero-order valence-electron chi connectivity index (χ0n) is 19.7. The summed E-state index contributed by atoms with van der Waals surface area (Å²) in [5, 5.41) is 14.7. The van der Waals surface area contributed by atoms with Gasteiger partial charge in [0.2, 0.25) is 0 Å². The second kappa shape index (κ2) is 11.6. The van der Waals surface area contributed by atoms with Crippen LogP contribution in [-0.4, -0.2) is 43.9 Å². The second-order valence-electron chi connectivity index (χ2n) is 7.97. The minimum Gasteiger partial charge on any atom is -0.509 e. The van der Waals surface area contributed by atoms with Gasteiger partial charge in [-0.15, -0.1) is 0 Å². The van der Waals surface area contributed by atoms with Gasteiger partial charge in [-0.05, 0) is 43.4 Å². The Labute approximate surface area is 190 Å². The van der Waals surface area contributed by atoms with Crippen molar-refractivity contribution in [2.24, 2.45) is 0 Å². The van der Waals surface area contributed by atoms with Crippen molar-refractivity contribution in [1.29, 1.82) is 0 Å². The van der Waals surface area contributed by atoms with Gasteiger partial charge in [0.15, 0.2) is 0 Å². The van der Waals surface area contributed by atoms with Gasteiger partial charge in [0.05, 0.1) is 32.4 Å². The first-order valence-electron chi connectivity index (χ1n) is 11.1. The number of aryl methyl sites for hydroxylation is 1. The van der Waals surface area contributed by atoms with Gasteiger partial charge in [0, 0.05) is 5.70 Å². The highest BCUT2D eigenvalue weighted by Gasteiger charge is 2.45. The summed E-state index contributed by atoms with van der Waals surface area (Å²) >= 11 is 0. The van der Waals surface area contributed by atoms with Crippen LogP contribution in [0.15, 0.2) is 46.9 Å². The number of esters is 2. The van der Waals surface area contributed by atoms with Crippen LogP contribution in [0.5, 0.6) is 5.75 Å². The third kappa shape index (κ3) is 5.44. The molecule has 2 N–H and O–H groups in total. The topological polar surface area (TPSA) is 94.1 Å². The van der Waals surface area contributed by atoms with Crippen molar-refractivity contribution in [3.63, 3.8) is 0 Å². The zero-order chi connectivity index (χ0) is 23.7. The van der Waals surface area contributed by atoms with E-state index in [4.69, 9.17) is 14.2 Å². The van der Waals surface area contributed by atoms with Crippen molar-refractivity contribution in [3.05, 3.63) is 52.4 Å². The van der Waals surface area contributed by atoms with E-state index >= 15 is 0 Å². The van der Waals surface area contributed by atoms with Gasteiger partial charge in [-0.2, -0.15) is 0 Å². The van der Waals surface area contributed by atoms with E-state index in [2.05, 4.69) is 12.2 Å². The van der Waals surface area contributed by atoms with Crippen LogP contribution in [0.25, 0.3) is 0 Å². The van der Waals surface area contributed by atoms with Crippen molar-refractivity contribution >= 4 is 11.9 Å². The molecular weight excluding hydrogens is 410 g/mol. The molecule has 0 radical (unpaired) electrons. The van der Waals surface area contributed by atoms with Gasteiger partial charge < -0.3 is 24.6 Å². The summed E-state index contributed by atoms with van der Waals surface area (Å²) in [7, 11) is 4.11. The minimum atomic E-state index is -0.832. The lowest BCUT2D eigenvalue weighted by Gasteiger charge is -2.41. The first-order valence-corrected chi connectivity index (χ1v) is 11.1. The number of aliphatic hydroxyl groups is 1. The largest absolute Gasteiger partial charge is 0.509 e. The maximum Gasteiger partial charge on any atom is 0.342 e. The van der Waals surface area contributed by atoms with E-state index in [1.165, 1.54) is 14.2 Å². The lowest BCUT2D eigenvalue weighted by molar-refractivity contribution is -0.140. The molecule has 1 aliphatic rings. The molecule has 1 unspecified atom stereocenters. The predicted octanol–water partition coefficient (Wildman–Crippen LogP) is 4.37. The molecule has 0 bridgehead atoms. The Bertz CT molecular complexity index is 871. The second-order valence-corrected chi connectivity index (χ2v) is 7.97. The van der Waals surface area contributed by atoms with Crippen LogP contribution in [0.2, 0.25) is 0 Å². The molecule has 176 valence electrons. The van der Waals surface area contributed by atoms with E-state index in [0.717, 1.165) is 30.6 Å². The number of carbonyl (C=O) groups excluding carboxylic acids is 2. The first kappa shape index (κ1) is 25.3. The molecule has 1 aromatic carbocycles. The van der Waals surface area contributed by atoms with Crippen LogP contribution >= 0.6 is 0 Å². The molecule has 0 amide bonds. The van der Waals surface area contributed by atoms with Gasteiger partial charge in [-0.1, -0.05) is 45.2 Å². The van der Waals surface area contributed by atoms with E-state index in [1.807, 2.05) is 31.2 Å². The SMILES string of the molecule is CCCCC1(CCC)NC(CCc2ccc(OC)cc2)=C(C(=O)OC)C(C(=O)OC)=C1O. The monoisotopic (exact) mass is 445 g/mol. The molecule has 0 fully saturated rings. The number of hydrogen-bond acceptors (Lipinski definition) is 7. The van der Waals surface area contributed by atoms with Crippen LogP contribution in [0.1, 0.15) is 57.9 Å². The summed E-state index contributed by atoms with van der Waals surface area (Å²) in [6, 6.07) is 7.69. The highest BCUT2D eigenvalue weighted by Crippen LogP contribution is 2.39. The van der Waals surface area contributed by atoms with Crippen molar-refractivity contribution < 1.29 is 28.9 Å². The normalized spacial score (nSPS) is 18.3. The summed E-state index contributed by atoms with van der Waals surface area (Å²) in [5.74, 6) is -0.812. The molecule has 1 atom stereocenters. The van der Waals surface area contributed by atoms with Crippen molar-refractivity contribution in [2.75, 3.05) is 21.3 Å². The number of ether oxygens (including phenoxy) is 3. The Kier molecular flexibility index (Phi) is 9.17. The average molecular weight is 446 g/mol. The van der Waals surface area contributed by atoms with Gasteiger partial charge in [0.25, 0.3) is 0 Å². The van der Waals surface area contributed by atoms with Gasteiger partial charge in [-0.25, -0.2) is 9.59 Å². The van der Waals surface area contributed by atoms with Crippen LogP contribution in [0, 0.1) is 0 Å². The third-order valence-corrected chi connectivity index (χ3v) is 5.87. The Morgan fingerprint density at radius 2 is 1.53 bits per heavy atom. The number of nitrogens with one attached hydrogen (secondary N) is 1. The molecule has 0 spiro atoms. The zero-order valence-corrected chi connectivity index (χ0v) is 19.7. The number of benzene rings is 1. The molecule has 7 heteroatoms. The van der Waals surface area contributed by atoms with Crippen LogP contribution in [0.4, 0.5) is 0 Å². The number of allylic oxidation sites excluding steroid dienone is 1. The average Bonchev–Trinajstić information content (AvgIpc) is 2.82. The lowest BCUT2D eigenvalue weighted by Crippen LogP contribution is -2.51.